The molecule has 0 bridgehead atoms. The standard InChI is InChI=1S/C17H13Cl2FN4/c1-10-8-16(23-15-5-3-2-4-12(15)18)24-17(21-10)22-11-6-7-14(20)13(19)9-11/h2-9H,1H3,(H2,21,22,23,24). The van der Waals surface area contributed by atoms with Gasteiger partial charge in [0.25, 0.3) is 0 Å². The number of hydrogen-bond acceptors (Lipinski definition) is 4. The Hall–Kier alpha value is -2.37. The van der Waals surface area contributed by atoms with E-state index in [1.54, 1.807) is 18.2 Å². The quantitative estimate of drug-likeness (QED) is 0.623. The summed E-state index contributed by atoms with van der Waals surface area (Å²) in [7, 11) is 0. The lowest BCUT2D eigenvalue weighted by Crippen LogP contribution is -2.02. The van der Waals surface area contributed by atoms with E-state index in [4.69, 9.17) is 23.2 Å². The minimum absolute atomic E-state index is 0.0297. The van der Waals surface area contributed by atoms with Crippen molar-refractivity contribution in [3.63, 3.8) is 0 Å². The number of nitrogens with one attached hydrogen (secondary N) is 2. The van der Waals surface area contributed by atoms with Crippen LogP contribution in [0.15, 0.2) is 48.5 Å². The summed E-state index contributed by atoms with van der Waals surface area (Å²) in [5.74, 6) is 0.479. The smallest absolute Gasteiger partial charge is 0.229 e. The Morgan fingerprint density at radius 3 is 2.46 bits per heavy atom. The molecule has 3 aromatic rings. The van der Waals surface area contributed by atoms with Crippen LogP contribution >= 0.6 is 23.2 Å². The molecule has 7 heteroatoms. The zero-order valence-corrected chi connectivity index (χ0v) is 14.2. The fourth-order valence-electron chi connectivity index (χ4n) is 2.09. The SMILES string of the molecule is Cc1cc(Nc2ccccc2Cl)nc(Nc2ccc(F)c(Cl)c2)n1. The predicted octanol–water partition coefficient (Wildman–Crippen LogP) is 5.72. The molecule has 0 aliphatic carbocycles. The largest absolute Gasteiger partial charge is 0.339 e. The lowest BCUT2D eigenvalue weighted by Gasteiger charge is -2.11. The minimum Gasteiger partial charge on any atom is -0.339 e. The van der Waals surface area contributed by atoms with Crippen LogP contribution in [-0.4, -0.2) is 9.97 Å². The van der Waals surface area contributed by atoms with Crippen molar-refractivity contribution in [1.82, 2.24) is 9.97 Å². The molecule has 0 saturated carbocycles. The van der Waals surface area contributed by atoms with E-state index in [1.807, 2.05) is 25.1 Å². The number of para-hydroxylation sites is 1. The number of aromatic nitrogens is 2. The van der Waals surface area contributed by atoms with Crippen LogP contribution < -0.4 is 10.6 Å². The minimum atomic E-state index is -0.478. The summed E-state index contributed by atoms with van der Waals surface area (Å²) < 4.78 is 13.2. The van der Waals surface area contributed by atoms with Crippen LogP contribution in [0.25, 0.3) is 0 Å². The Bertz CT molecular complexity index is 886. The summed E-state index contributed by atoms with van der Waals surface area (Å²) in [6, 6.07) is 13.5. The number of rotatable bonds is 4. The van der Waals surface area contributed by atoms with Crippen LogP contribution in [0.4, 0.5) is 27.5 Å². The molecule has 1 heterocycles. The summed E-state index contributed by atoms with van der Waals surface area (Å²) in [6.07, 6.45) is 0. The number of halogens is 3. The van der Waals surface area contributed by atoms with Crippen LogP contribution in [-0.2, 0) is 0 Å². The molecule has 122 valence electrons. The molecule has 1 aromatic heterocycles. The van der Waals surface area contributed by atoms with Gasteiger partial charge >= 0.3 is 0 Å². The van der Waals surface area contributed by atoms with E-state index in [0.29, 0.717) is 22.5 Å². The summed E-state index contributed by atoms with van der Waals surface area (Å²) in [5, 5.41) is 6.78. The third kappa shape index (κ3) is 3.93. The maximum atomic E-state index is 13.2. The zero-order chi connectivity index (χ0) is 17.1. The summed E-state index contributed by atoms with van der Waals surface area (Å²) in [5.41, 5.74) is 2.10. The summed E-state index contributed by atoms with van der Waals surface area (Å²) in [4.78, 5) is 8.70. The first-order chi connectivity index (χ1) is 11.5. The lowest BCUT2D eigenvalue weighted by molar-refractivity contribution is 0.628. The molecule has 0 aliphatic rings. The first-order valence-electron chi connectivity index (χ1n) is 7.10. The van der Waals surface area contributed by atoms with Crippen molar-refractivity contribution in [2.75, 3.05) is 10.6 Å². The van der Waals surface area contributed by atoms with Crippen LogP contribution in [0.3, 0.4) is 0 Å². The number of nitrogens with zero attached hydrogens (tertiary/aromatic N) is 2. The second-order valence-electron chi connectivity index (χ2n) is 5.08. The Kier molecular flexibility index (Phi) is 4.83. The third-order valence-corrected chi connectivity index (χ3v) is 3.79. The van der Waals surface area contributed by atoms with Gasteiger partial charge in [-0.05, 0) is 37.3 Å². The highest BCUT2D eigenvalue weighted by atomic mass is 35.5. The van der Waals surface area contributed by atoms with Gasteiger partial charge in [-0.25, -0.2) is 9.37 Å². The van der Waals surface area contributed by atoms with E-state index < -0.39 is 5.82 Å². The highest BCUT2D eigenvalue weighted by Crippen LogP contribution is 2.26. The maximum absolute atomic E-state index is 13.2. The number of hydrogen-bond donors (Lipinski definition) is 2. The van der Waals surface area contributed by atoms with E-state index in [9.17, 15) is 4.39 Å². The average molecular weight is 363 g/mol. The highest BCUT2D eigenvalue weighted by molar-refractivity contribution is 6.33. The van der Waals surface area contributed by atoms with Gasteiger partial charge in [-0.1, -0.05) is 35.3 Å². The van der Waals surface area contributed by atoms with Crippen LogP contribution in [0.5, 0.6) is 0 Å². The number of aryl methyl sites for hydroxylation is 1. The van der Waals surface area contributed by atoms with Crippen molar-refractivity contribution in [3.8, 4) is 0 Å². The normalized spacial score (nSPS) is 10.5. The van der Waals surface area contributed by atoms with Gasteiger partial charge in [0.05, 0.1) is 15.7 Å². The van der Waals surface area contributed by atoms with E-state index in [2.05, 4.69) is 20.6 Å². The topological polar surface area (TPSA) is 49.8 Å². The fourth-order valence-corrected chi connectivity index (χ4v) is 2.46. The van der Waals surface area contributed by atoms with E-state index >= 15 is 0 Å². The predicted molar refractivity (Wildman–Crippen MR) is 96.2 cm³/mol. The van der Waals surface area contributed by atoms with Crippen molar-refractivity contribution in [3.05, 3.63) is 70.1 Å². The van der Waals surface area contributed by atoms with Crippen molar-refractivity contribution in [2.45, 2.75) is 6.92 Å². The van der Waals surface area contributed by atoms with Gasteiger partial charge < -0.3 is 10.6 Å². The van der Waals surface area contributed by atoms with E-state index in [1.165, 1.54) is 12.1 Å². The van der Waals surface area contributed by atoms with E-state index in [-0.39, 0.29) is 5.02 Å². The molecule has 0 spiro atoms. The second-order valence-corrected chi connectivity index (χ2v) is 5.89. The molecule has 0 saturated heterocycles. The molecule has 0 atom stereocenters. The summed E-state index contributed by atoms with van der Waals surface area (Å²) >= 11 is 11.9. The second kappa shape index (κ2) is 7.03. The van der Waals surface area contributed by atoms with Crippen LogP contribution in [0.1, 0.15) is 5.69 Å². The molecule has 0 radical (unpaired) electrons. The Morgan fingerprint density at radius 1 is 0.917 bits per heavy atom. The lowest BCUT2D eigenvalue weighted by atomic mass is 10.3. The first-order valence-corrected chi connectivity index (χ1v) is 7.86. The van der Waals surface area contributed by atoms with Crippen molar-refractivity contribution in [1.29, 1.82) is 0 Å². The molecule has 4 nitrogen and oxygen atoms in total. The van der Waals surface area contributed by atoms with Gasteiger partial charge in [0.2, 0.25) is 5.95 Å². The van der Waals surface area contributed by atoms with Crippen molar-refractivity contribution in [2.24, 2.45) is 0 Å². The molecule has 0 aliphatic heterocycles. The molecular weight excluding hydrogens is 350 g/mol. The number of benzene rings is 2. The Balaban J connectivity index is 1.86. The molecule has 0 fully saturated rings. The first kappa shape index (κ1) is 16.5. The average Bonchev–Trinajstić information content (AvgIpc) is 2.53. The van der Waals surface area contributed by atoms with Crippen LogP contribution in [0.2, 0.25) is 10.0 Å². The van der Waals surface area contributed by atoms with Gasteiger partial charge in [0, 0.05) is 17.4 Å². The van der Waals surface area contributed by atoms with Gasteiger partial charge in [-0.3, -0.25) is 0 Å². The summed E-state index contributed by atoms with van der Waals surface area (Å²) in [6.45, 7) is 1.85. The van der Waals surface area contributed by atoms with Crippen molar-refractivity contribution < 1.29 is 4.39 Å². The molecule has 24 heavy (non-hydrogen) atoms. The van der Waals surface area contributed by atoms with Crippen molar-refractivity contribution >= 4 is 46.3 Å². The molecular formula is C17H13Cl2FN4. The van der Waals surface area contributed by atoms with E-state index in [0.717, 1.165) is 11.4 Å². The number of anilines is 4. The van der Waals surface area contributed by atoms with Crippen LogP contribution in [0, 0.1) is 12.7 Å². The molecule has 2 aromatic carbocycles. The van der Waals surface area contributed by atoms with Gasteiger partial charge in [0.1, 0.15) is 11.6 Å². The van der Waals surface area contributed by atoms with Gasteiger partial charge in [-0.2, -0.15) is 4.98 Å². The molecule has 3 rings (SSSR count). The van der Waals surface area contributed by atoms with Gasteiger partial charge in [-0.15, -0.1) is 0 Å². The molecule has 2 N–H and O–H groups in total. The highest BCUT2D eigenvalue weighted by Gasteiger charge is 2.07. The molecule has 0 unspecified atom stereocenters. The van der Waals surface area contributed by atoms with Gasteiger partial charge in [0.15, 0.2) is 0 Å². The maximum Gasteiger partial charge on any atom is 0.229 e. The Labute approximate surface area is 148 Å². The monoisotopic (exact) mass is 362 g/mol. The Morgan fingerprint density at radius 2 is 1.71 bits per heavy atom. The third-order valence-electron chi connectivity index (χ3n) is 3.17. The molecule has 0 amide bonds. The zero-order valence-electron chi connectivity index (χ0n) is 12.6. The fraction of sp³-hybridized carbons (Fsp3) is 0.0588.